The lowest BCUT2D eigenvalue weighted by atomic mass is 9.86. The summed E-state index contributed by atoms with van der Waals surface area (Å²) in [7, 11) is 1.79. The molecule has 0 aliphatic carbocycles. The summed E-state index contributed by atoms with van der Waals surface area (Å²) in [6, 6.07) is 6.11. The smallest absolute Gasteiger partial charge is 0.408 e. The quantitative estimate of drug-likeness (QED) is 0.536. The maximum absolute atomic E-state index is 14.7. The van der Waals surface area contributed by atoms with E-state index in [0.29, 0.717) is 5.56 Å². The summed E-state index contributed by atoms with van der Waals surface area (Å²) in [5.41, 5.74) is -0.384. The zero-order valence-corrected chi connectivity index (χ0v) is 20.4. The van der Waals surface area contributed by atoms with E-state index >= 15 is 0 Å². The third-order valence-corrected chi connectivity index (χ3v) is 5.09. The minimum absolute atomic E-state index is 0.0635. The van der Waals surface area contributed by atoms with Crippen LogP contribution in [0.5, 0.6) is 0 Å². The number of anilines is 1. The fourth-order valence-electron chi connectivity index (χ4n) is 3.66. The molecule has 1 aromatic heterocycles. The average Bonchev–Trinajstić information content (AvgIpc) is 3.03. The molecule has 0 saturated carbocycles. The molecule has 2 amide bonds. The molecule has 34 heavy (non-hydrogen) atoms. The van der Waals surface area contributed by atoms with Crippen molar-refractivity contribution in [1.29, 1.82) is 0 Å². The molecule has 0 aliphatic heterocycles. The SMILES string of the molecule is Cn1ncc2cc(C(NC(=O)OC(C)(C)C)C(=O)Nc3cc(F)c(C(C)(C)C)c(F)c3)ccc21. The standard InChI is InChI=1S/C25H30F2N4O3/c1-24(2,3)20-17(26)11-16(12-18(20)27)29-22(32)21(30-23(33)34-25(4,5)6)14-8-9-19-15(10-14)13-28-31(19)7/h8-13,21H,1-7H3,(H,29,32)(H,30,33). The molecule has 0 fully saturated rings. The molecule has 182 valence electrons. The van der Waals surface area contributed by atoms with Gasteiger partial charge < -0.3 is 15.4 Å². The van der Waals surface area contributed by atoms with E-state index in [1.165, 1.54) is 0 Å². The molecule has 1 unspecified atom stereocenters. The van der Waals surface area contributed by atoms with Gasteiger partial charge in [-0.25, -0.2) is 13.6 Å². The number of aryl methyl sites for hydroxylation is 1. The third-order valence-electron chi connectivity index (χ3n) is 5.09. The molecule has 0 aliphatic rings. The molecule has 0 saturated heterocycles. The van der Waals surface area contributed by atoms with Gasteiger partial charge in [0.2, 0.25) is 0 Å². The average molecular weight is 473 g/mol. The van der Waals surface area contributed by atoms with Crippen molar-refractivity contribution in [2.24, 2.45) is 7.05 Å². The number of carbonyl (C=O) groups is 2. The van der Waals surface area contributed by atoms with Crippen LogP contribution in [-0.2, 0) is 22.0 Å². The Balaban J connectivity index is 1.95. The highest BCUT2D eigenvalue weighted by atomic mass is 19.1. The molecule has 2 aromatic carbocycles. The molecule has 3 rings (SSSR count). The predicted octanol–water partition coefficient (Wildman–Crippen LogP) is 5.35. The topological polar surface area (TPSA) is 85.2 Å². The minimum Gasteiger partial charge on any atom is -0.444 e. The van der Waals surface area contributed by atoms with Gasteiger partial charge in [-0.1, -0.05) is 26.8 Å². The van der Waals surface area contributed by atoms with Gasteiger partial charge in [0.15, 0.2) is 0 Å². The van der Waals surface area contributed by atoms with Crippen molar-refractivity contribution in [3.8, 4) is 0 Å². The van der Waals surface area contributed by atoms with Crippen LogP contribution >= 0.6 is 0 Å². The lowest BCUT2D eigenvalue weighted by molar-refractivity contribution is -0.118. The summed E-state index contributed by atoms with van der Waals surface area (Å²) in [5.74, 6) is -2.22. The van der Waals surface area contributed by atoms with E-state index in [4.69, 9.17) is 4.74 Å². The first-order valence-corrected chi connectivity index (χ1v) is 10.9. The van der Waals surface area contributed by atoms with Crippen LogP contribution in [0.4, 0.5) is 19.3 Å². The number of halogens is 2. The lowest BCUT2D eigenvalue weighted by Gasteiger charge is -2.24. The number of hydrogen-bond acceptors (Lipinski definition) is 4. The van der Waals surface area contributed by atoms with E-state index in [0.717, 1.165) is 23.0 Å². The number of benzene rings is 2. The Hall–Kier alpha value is -3.49. The molecule has 0 radical (unpaired) electrons. The molecule has 3 aromatic rings. The van der Waals surface area contributed by atoms with Crippen LogP contribution in [0.25, 0.3) is 10.9 Å². The van der Waals surface area contributed by atoms with E-state index in [1.54, 1.807) is 77.7 Å². The van der Waals surface area contributed by atoms with Crippen LogP contribution in [0.15, 0.2) is 36.5 Å². The van der Waals surface area contributed by atoms with E-state index in [-0.39, 0.29) is 11.3 Å². The van der Waals surface area contributed by atoms with Crippen molar-refractivity contribution in [2.75, 3.05) is 5.32 Å². The summed E-state index contributed by atoms with van der Waals surface area (Å²) in [4.78, 5) is 25.7. The van der Waals surface area contributed by atoms with Crippen LogP contribution in [-0.4, -0.2) is 27.4 Å². The second-order valence-corrected chi connectivity index (χ2v) is 10.2. The summed E-state index contributed by atoms with van der Waals surface area (Å²) < 4.78 is 36.3. The monoisotopic (exact) mass is 472 g/mol. The normalized spacial score (nSPS) is 13.0. The molecule has 0 spiro atoms. The number of aromatic nitrogens is 2. The van der Waals surface area contributed by atoms with Crippen molar-refractivity contribution in [2.45, 2.75) is 58.6 Å². The minimum atomic E-state index is -1.19. The number of alkyl carbamates (subject to hydrolysis) is 1. The third kappa shape index (κ3) is 5.70. The van der Waals surface area contributed by atoms with Crippen molar-refractivity contribution in [3.63, 3.8) is 0 Å². The Kier molecular flexibility index (Phi) is 6.68. The van der Waals surface area contributed by atoms with Crippen LogP contribution in [0.3, 0.4) is 0 Å². The van der Waals surface area contributed by atoms with Crippen molar-refractivity contribution in [3.05, 3.63) is 59.3 Å². The van der Waals surface area contributed by atoms with Gasteiger partial charge in [-0.2, -0.15) is 5.10 Å². The molecule has 2 N–H and O–H groups in total. The van der Waals surface area contributed by atoms with Crippen LogP contribution < -0.4 is 10.6 Å². The van der Waals surface area contributed by atoms with Crippen molar-refractivity contribution < 1.29 is 23.1 Å². The van der Waals surface area contributed by atoms with E-state index in [2.05, 4.69) is 15.7 Å². The number of nitrogens with zero attached hydrogens (tertiary/aromatic N) is 2. The summed E-state index contributed by atoms with van der Waals surface area (Å²) in [5, 5.41) is 10.0. The first-order valence-electron chi connectivity index (χ1n) is 10.9. The van der Waals surface area contributed by atoms with Crippen molar-refractivity contribution >= 4 is 28.6 Å². The van der Waals surface area contributed by atoms with Gasteiger partial charge in [-0.15, -0.1) is 0 Å². The zero-order valence-electron chi connectivity index (χ0n) is 20.4. The summed E-state index contributed by atoms with van der Waals surface area (Å²) in [6.07, 6.45) is 0.830. The predicted molar refractivity (Wildman–Crippen MR) is 127 cm³/mol. The number of ether oxygens (including phenoxy) is 1. The van der Waals surface area contributed by atoms with Gasteiger partial charge in [-0.05, 0) is 56.0 Å². The highest BCUT2D eigenvalue weighted by molar-refractivity contribution is 5.98. The Morgan fingerprint density at radius 3 is 2.21 bits per heavy atom. The van der Waals surface area contributed by atoms with E-state index < -0.39 is 40.7 Å². The molecule has 1 atom stereocenters. The summed E-state index contributed by atoms with van der Waals surface area (Å²) >= 11 is 0. The maximum atomic E-state index is 14.7. The van der Waals surface area contributed by atoms with Crippen LogP contribution in [0.1, 0.15) is 58.7 Å². The number of amides is 2. The van der Waals surface area contributed by atoms with Gasteiger partial charge in [0.05, 0.1) is 11.7 Å². The molecule has 9 heteroatoms. The highest BCUT2D eigenvalue weighted by Gasteiger charge is 2.28. The van der Waals surface area contributed by atoms with E-state index in [1.807, 2.05) is 0 Å². The first kappa shape index (κ1) is 25.1. The molecule has 7 nitrogen and oxygen atoms in total. The first-order chi connectivity index (χ1) is 15.7. The maximum Gasteiger partial charge on any atom is 0.408 e. The van der Waals surface area contributed by atoms with Crippen LogP contribution in [0.2, 0.25) is 0 Å². The lowest BCUT2D eigenvalue weighted by Crippen LogP contribution is -2.40. The van der Waals surface area contributed by atoms with Gasteiger partial charge in [0.1, 0.15) is 23.3 Å². The zero-order chi connectivity index (χ0) is 25.4. The van der Waals surface area contributed by atoms with Gasteiger partial charge in [-0.3, -0.25) is 9.48 Å². The highest BCUT2D eigenvalue weighted by Crippen LogP contribution is 2.30. The fourth-order valence-corrected chi connectivity index (χ4v) is 3.66. The van der Waals surface area contributed by atoms with E-state index in [9.17, 15) is 18.4 Å². The number of carbonyl (C=O) groups excluding carboxylic acids is 2. The van der Waals surface area contributed by atoms with Gasteiger partial charge in [0, 0.05) is 23.7 Å². The number of nitrogens with one attached hydrogen (secondary N) is 2. The number of rotatable bonds is 4. The molecule has 0 bridgehead atoms. The Labute approximate surface area is 197 Å². The largest absolute Gasteiger partial charge is 0.444 e. The fraction of sp³-hybridized carbons (Fsp3) is 0.400. The number of hydrogen-bond donors (Lipinski definition) is 2. The second kappa shape index (κ2) is 9.04. The molecular formula is C25H30F2N4O3. The van der Waals surface area contributed by atoms with Gasteiger partial charge in [0.25, 0.3) is 5.91 Å². The Bertz CT molecular complexity index is 1220. The molecular weight excluding hydrogens is 442 g/mol. The molecule has 1 heterocycles. The Morgan fingerprint density at radius 2 is 1.65 bits per heavy atom. The van der Waals surface area contributed by atoms with Crippen LogP contribution in [0, 0.1) is 11.6 Å². The Morgan fingerprint density at radius 1 is 1.03 bits per heavy atom. The van der Waals surface area contributed by atoms with Gasteiger partial charge >= 0.3 is 6.09 Å². The summed E-state index contributed by atoms with van der Waals surface area (Å²) in [6.45, 7) is 10.2. The number of fused-ring (bicyclic) bond motifs is 1. The second-order valence-electron chi connectivity index (χ2n) is 10.2. The van der Waals surface area contributed by atoms with Crippen molar-refractivity contribution in [1.82, 2.24) is 15.1 Å².